The van der Waals surface area contributed by atoms with Crippen molar-refractivity contribution in [3.8, 4) is 0 Å². The molecular formula is C14H20ClN3O. The van der Waals surface area contributed by atoms with E-state index >= 15 is 0 Å². The Hall–Kier alpha value is -1.26. The van der Waals surface area contributed by atoms with E-state index in [0.29, 0.717) is 30.1 Å². The summed E-state index contributed by atoms with van der Waals surface area (Å²) in [5.41, 5.74) is 6.84. The molecule has 1 unspecified atom stereocenters. The van der Waals surface area contributed by atoms with E-state index < -0.39 is 0 Å². The van der Waals surface area contributed by atoms with E-state index in [-0.39, 0.29) is 5.54 Å². The predicted molar refractivity (Wildman–Crippen MR) is 79.9 cm³/mol. The predicted octanol–water partition coefficient (Wildman–Crippen LogP) is 2.52. The Morgan fingerprint density at radius 1 is 1.42 bits per heavy atom. The van der Waals surface area contributed by atoms with Gasteiger partial charge in [0.25, 0.3) is 0 Å². The summed E-state index contributed by atoms with van der Waals surface area (Å²) in [5, 5.41) is 0.709. The third kappa shape index (κ3) is 2.42. The highest BCUT2D eigenvalue weighted by molar-refractivity contribution is 6.30. The molecule has 0 aromatic heterocycles. The number of aliphatic imine (C=N–C) groups is 1. The average molecular weight is 282 g/mol. The lowest BCUT2D eigenvalue weighted by atomic mass is 9.85. The molecule has 0 bridgehead atoms. The molecule has 0 amide bonds. The molecule has 0 radical (unpaired) electrons. The van der Waals surface area contributed by atoms with Crippen LogP contribution in [0.1, 0.15) is 13.8 Å². The second kappa shape index (κ2) is 5.39. The second-order valence-corrected chi connectivity index (χ2v) is 5.61. The van der Waals surface area contributed by atoms with E-state index in [9.17, 15) is 0 Å². The van der Waals surface area contributed by atoms with E-state index in [1.165, 1.54) is 0 Å². The first-order valence-corrected chi connectivity index (χ1v) is 6.74. The molecule has 19 heavy (non-hydrogen) atoms. The molecule has 4 nitrogen and oxygen atoms in total. The first-order chi connectivity index (χ1) is 9.01. The topological polar surface area (TPSA) is 50.9 Å². The van der Waals surface area contributed by atoms with Gasteiger partial charge in [-0.25, -0.2) is 0 Å². The second-order valence-electron chi connectivity index (χ2n) is 5.18. The first kappa shape index (κ1) is 14.2. The zero-order valence-corrected chi connectivity index (χ0v) is 12.3. The lowest BCUT2D eigenvalue weighted by Crippen LogP contribution is -2.58. The normalized spacial score (nSPS) is 23.0. The smallest absolute Gasteiger partial charge is 0.196 e. The third-order valence-corrected chi connectivity index (χ3v) is 4.00. The van der Waals surface area contributed by atoms with Gasteiger partial charge in [-0.05, 0) is 30.2 Å². The fourth-order valence-electron chi connectivity index (χ4n) is 2.53. The first-order valence-electron chi connectivity index (χ1n) is 6.36. The molecule has 0 spiro atoms. The molecule has 0 aliphatic carbocycles. The van der Waals surface area contributed by atoms with Gasteiger partial charge in [0.15, 0.2) is 5.96 Å². The number of methoxy groups -OCH3 is 1. The summed E-state index contributed by atoms with van der Waals surface area (Å²) in [6.45, 7) is 5.55. The molecule has 1 aromatic carbocycles. The van der Waals surface area contributed by atoms with Gasteiger partial charge >= 0.3 is 0 Å². The van der Waals surface area contributed by atoms with Crippen molar-refractivity contribution in [1.29, 1.82) is 0 Å². The van der Waals surface area contributed by atoms with E-state index in [0.717, 1.165) is 5.69 Å². The molecule has 1 heterocycles. The van der Waals surface area contributed by atoms with Crippen LogP contribution in [-0.2, 0) is 4.74 Å². The van der Waals surface area contributed by atoms with Crippen molar-refractivity contribution in [3.63, 3.8) is 0 Å². The summed E-state index contributed by atoms with van der Waals surface area (Å²) in [4.78, 5) is 6.48. The highest BCUT2D eigenvalue weighted by Crippen LogP contribution is 2.35. The van der Waals surface area contributed by atoms with Crippen molar-refractivity contribution < 1.29 is 4.74 Å². The van der Waals surface area contributed by atoms with Gasteiger partial charge in [-0.2, -0.15) is 0 Å². The standard InChI is InChI=1S/C14H20ClN3O/c1-10(2)14(9-19-3)8-17-13(16)18(14)12-6-4-11(15)5-7-12/h4-7,10H,8-9H2,1-3H3,(H2,16,17). The maximum atomic E-state index is 6.08. The van der Waals surface area contributed by atoms with Gasteiger partial charge in [-0.15, -0.1) is 0 Å². The lowest BCUT2D eigenvalue weighted by molar-refractivity contribution is 0.115. The number of nitrogens with zero attached hydrogens (tertiary/aromatic N) is 2. The van der Waals surface area contributed by atoms with Gasteiger partial charge in [-0.1, -0.05) is 25.4 Å². The molecule has 0 saturated carbocycles. The summed E-state index contributed by atoms with van der Waals surface area (Å²) in [6.07, 6.45) is 0. The molecule has 2 N–H and O–H groups in total. The number of rotatable bonds is 4. The van der Waals surface area contributed by atoms with Crippen LogP contribution in [0.2, 0.25) is 5.02 Å². The fourth-order valence-corrected chi connectivity index (χ4v) is 2.66. The van der Waals surface area contributed by atoms with Gasteiger partial charge < -0.3 is 15.4 Å². The molecule has 0 saturated heterocycles. The average Bonchev–Trinajstić information content (AvgIpc) is 2.70. The van der Waals surface area contributed by atoms with Crippen molar-refractivity contribution >= 4 is 23.2 Å². The minimum Gasteiger partial charge on any atom is -0.382 e. The number of hydrogen-bond donors (Lipinski definition) is 1. The van der Waals surface area contributed by atoms with E-state index in [1.807, 2.05) is 24.3 Å². The van der Waals surface area contributed by atoms with Crippen molar-refractivity contribution in [2.75, 3.05) is 25.2 Å². The van der Waals surface area contributed by atoms with Gasteiger partial charge in [0.05, 0.1) is 18.7 Å². The van der Waals surface area contributed by atoms with Gasteiger partial charge in [0.1, 0.15) is 0 Å². The number of halogens is 1. The monoisotopic (exact) mass is 281 g/mol. The van der Waals surface area contributed by atoms with Crippen molar-refractivity contribution in [3.05, 3.63) is 29.3 Å². The Bertz CT molecular complexity index is 472. The van der Waals surface area contributed by atoms with E-state index in [1.54, 1.807) is 7.11 Å². The van der Waals surface area contributed by atoms with Crippen LogP contribution in [0.25, 0.3) is 0 Å². The molecule has 1 aliphatic heterocycles. The Morgan fingerprint density at radius 2 is 2.05 bits per heavy atom. The van der Waals surface area contributed by atoms with Crippen LogP contribution in [0.3, 0.4) is 0 Å². The summed E-state index contributed by atoms with van der Waals surface area (Å²) in [6, 6.07) is 7.65. The van der Waals surface area contributed by atoms with Crippen molar-refractivity contribution in [1.82, 2.24) is 0 Å². The number of hydrogen-bond acceptors (Lipinski definition) is 4. The zero-order chi connectivity index (χ0) is 14.0. The molecule has 104 valence electrons. The van der Waals surface area contributed by atoms with Crippen LogP contribution in [0.15, 0.2) is 29.3 Å². The number of ether oxygens (including phenoxy) is 1. The SMILES string of the molecule is COCC1(C(C)C)CN=C(N)N1c1ccc(Cl)cc1. The molecule has 2 rings (SSSR count). The maximum Gasteiger partial charge on any atom is 0.196 e. The molecule has 5 heteroatoms. The van der Waals surface area contributed by atoms with Crippen LogP contribution in [-0.4, -0.2) is 31.8 Å². The quantitative estimate of drug-likeness (QED) is 0.923. The van der Waals surface area contributed by atoms with Crippen LogP contribution in [0.4, 0.5) is 5.69 Å². The fraction of sp³-hybridized carbons (Fsp3) is 0.500. The van der Waals surface area contributed by atoms with Crippen LogP contribution in [0.5, 0.6) is 0 Å². The summed E-state index contributed by atoms with van der Waals surface area (Å²) < 4.78 is 5.42. The number of anilines is 1. The zero-order valence-electron chi connectivity index (χ0n) is 11.6. The molecule has 1 aromatic rings. The third-order valence-electron chi connectivity index (χ3n) is 3.74. The van der Waals surface area contributed by atoms with Crippen molar-refractivity contribution in [2.45, 2.75) is 19.4 Å². The maximum absolute atomic E-state index is 6.08. The van der Waals surface area contributed by atoms with E-state index in [4.69, 9.17) is 22.1 Å². The summed E-state index contributed by atoms with van der Waals surface area (Å²) in [7, 11) is 1.71. The lowest BCUT2D eigenvalue weighted by Gasteiger charge is -2.42. The molecule has 0 fully saturated rings. The summed E-state index contributed by atoms with van der Waals surface area (Å²) in [5.74, 6) is 0.890. The largest absolute Gasteiger partial charge is 0.382 e. The Kier molecular flexibility index (Phi) is 4.02. The Balaban J connectivity index is 2.43. The van der Waals surface area contributed by atoms with Crippen LogP contribution >= 0.6 is 11.6 Å². The number of benzene rings is 1. The molecular weight excluding hydrogens is 262 g/mol. The summed E-state index contributed by atoms with van der Waals surface area (Å²) >= 11 is 5.94. The molecule has 1 atom stereocenters. The number of nitrogens with two attached hydrogens (primary N) is 1. The van der Waals surface area contributed by atoms with Gasteiger partial charge in [0.2, 0.25) is 0 Å². The molecule has 1 aliphatic rings. The Labute approximate surface area is 119 Å². The van der Waals surface area contributed by atoms with Crippen LogP contribution < -0.4 is 10.6 Å². The Morgan fingerprint density at radius 3 is 2.58 bits per heavy atom. The van der Waals surface area contributed by atoms with E-state index in [2.05, 4.69) is 23.7 Å². The van der Waals surface area contributed by atoms with Gasteiger partial charge in [-0.3, -0.25) is 4.99 Å². The highest BCUT2D eigenvalue weighted by Gasteiger charge is 2.45. The van der Waals surface area contributed by atoms with Crippen molar-refractivity contribution in [2.24, 2.45) is 16.6 Å². The van der Waals surface area contributed by atoms with Crippen LogP contribution in [0, 0.1) is 5.92 Å². The number of guanidine groups is 1. The van der Waals surface area contributed by atoms with Gasteiger partial charge in [0, 0.05) is 17.8 Å². The minimum absolute atomic E-state index is 0.230. The highest BCUT2D eigenvalue weighted by atomic mass is 35.5. The minimum atomic E-state index is -0.230.